The van der Waals surface area contributed by atoms with Crippen LogP contribution < -0.4 is 4.74 Å². The van der Waals surface area contributed by atoms with Crippen LogP contribution >= 0.6 is 11.8 Å². The zero-order valence-electron chi connectivity index (χ0n) is 17.4. The van der Waals surface area contributed by atoms with Crippen LogP contribution in [0, 0.1) is 21.7 Å². The van der Waals surface area contributed by atoms with E-state index < -0.39 is 55.4 Å². The standard InChI is InChI=1S/C19H21F2N3O6S2/c1-22(2)18(25)12-30-19-14(20)10-13(11-15(19)21)31-9-8-23(3)32(28,29)17-7-5-4-6-16(17)24(26)27/h4-7,10-11H,8-9,12H2,1-3H3. The minimum absolute atomic E-state index is 0.0716. The molecule has 9 nitrogen and oxygen atoms in total. The molecule has 174 valence electrons. The van der Waals surface area contributed by atoms with Gasteiger partial charge in [0.2, 0.25) is 10.0 Å². The first kappa shape index (κ1) is 25.5. The fourth-order valence-corrected chi connectivity index (χ4v) is 4.84. The molecule has 13 heteroatoms. The van der Waals surface area contributed by atoms with Gasteiger partial charge in [-0.1, -0.05) is 12.1 Å². The third-order valence-electron chi connectivity index (χ3n) is 4.24. The lowest BCUT2D eigenvalue weighted by atomic mass is 10.3. The molecule has 0 heterocycles. The second-order valence-corrected chi connectivity index (χ2v) is 9.87. The fourth-order valence-electron chi connectivity index (χ4n) is 2.43. The van der Waals surface area contributed by atoms with E-state index in [0.29, 0.717) is 0 Å². The SMILES string of the molecule is CN(C)C(=O)COc1c(F)cc(SCCN(C)S(=O)(=O)c2ccccc2[N+](=O)[O-])cc1F. The van der Waals surface area contributed by atoms with Crippen LogP contribution in [-0.2, 0) is 14.8 Å². The smallest absolute Gasteiger partial charge is 0.289 e. The van der Waals surface area contributed by atoms with Gasteiger partial charge in [0.1, 0.15) is 0 Å². The zero-order chi connectivity index (χ0) is 24.1. The molecule has 0 aliphatic heterocycles. The van der Waals surface area contributed by atoms with E-state index in [9.17, 15) is 32.1 Å². The molecule has 2 aromatic carbocycles. The van der Waals surface area contributed by atoms with Crippen LogP contribution in [0.2, 0.25) is 0 Å². The number of hydrogen-bond donors (Lipinski definition) is 0. The van der Waals surface area contributed by atoms with E-state index >= 15 is 0 Å². The average Bonchev–Trinajstić information content (AvgIpc) is 2.72. The van der Waals surface area contributed by atoms with Crippen LogP contribution in [0.25, 0.3) is 0 Å². The molecule has 0 N–H and O–H groups in total. The maximum Gasteiger partial charge on any atom is 0.289 e. The van der Waals surface area contributed by atoms with Crippen molar-refractivity contribution in [2.45, 2.75) is 9.79 Å². The summed E-state index contributed by atoms with van der Waals surface area (Å²) >= 11 is 0.986. The van der Waals surface area contributed by atoms with Gasteiger partial charge in [-0.05, 0) is 18.2 Å². The Hall–Kier alpha value is -2.77. The summed E-state index contributed by atoms with van der Waals surface area (Å²) in [6, 6.07) is 7.00. The lowest BCUT2D eigenvalue weighted by molar-refractivity contribution is -0.387. The van der Waals surface area contributed by atoms with Gasteiger partial charge in [-0.3, -0.25) is 14.9 Å². The number of benzene rings is 2. The highest BCUT2D eigenvalue weighted by molar-refractivity contribution is 7.99. The highest BCUT2D eigenvalue weighted by Gasteiger charge is 2.28. The summed E-state index contributed by atoms with van der Waals surface area (Å²) < 4.78 is 59.6. The van der Waals surface area contributed by atoms with Crippen molar-refractivity contribution in [1.29, 1.82) is 0 Å². The highest BCUT2D eigenvalue weighted by atomic mass is 32.2. The Balaban J connectivity index is 2.04. The summed E-state index contributed by atoms with van der Waals surface area (Å²) in [5.74, 6) is -3.03. The molecular formula is C19H21F2N3O6S2. The molecule has 0 aliphatic carbocycles. The Kier molecular flexibility index (Phi) is 8.52. The molecule has 0 saturated heterocycles. The van der Waals surface area contributed by atoms with Crippen molar-refractivity contribution >= 4 is 33.4 Å². The Morgan fingerprint density at radius 2 is 1.75 bits per heavy atom. The Labute approximate surface area is 188 Å². The molecule has 2 rings (SSSR count). The third kappa shape index (κ3) is 6.14. The highest BCUT2D eigenvalue weighted by Crippen LogP contribution is 2.30. The van der Waals surface area contributed by atoms with Crippen LogP contribution in [0.15, 0.2) is 46.2 Å². The van der Waals surface area contributed by atoms with Crippen molar-refractivity contribution in [3.05, 3.63) is 58.1 Å². The van der Waals surface area contributed by atoms with Crippen molar-refractivity contribution in [3.63, 3.8) is 0 Å². The van der Waals surface area contributed by atoms with Gasteiger partial charge in [0, 0.05) is 44.4 Å². The molecule has 0 spiro atoms. The number of nitro groups is 1. The second-order valence-electron chi connectivity index (χ2n) is 6.69. The van der Waals surface area contributed by atoms with E-state index in [2.05, 4.69) is 0 Å². The van der Waals surface area contributed by atoms with Crippen molar-refractivity contribution in [2.75, 3.05) is 40.0 Å². The number of halogens is 2. The molecule has 0 radical (unpaired) electrons. The number of carbonyl (C=O) groups excluding carboxylic acids is 1. The number of likely N-dealkylation sites (N-methyl/N-ethyl adjacent to an activating group) is 1. The molecule has 0 aromatic heterocycles. The first-order valence-electron chi connectivity index (χ1n) is 9.09. The summed E-state index contributed by atoms with van der Waals surface area (Å²) in [6.45, 7) is -0.598. The molecule has 0 bridgehead atoms. The number of carbonyl (C=O) groups is 1. The number of amides is 1. The van der Waals surface area contributed by atoms with Crippen molar-refractivity contribution in [3.8, 4) is 5.75 Å². The number of hydrogen-bond acceptors (Lipinski definition) is 7. The van der Waals surface area contributed by atoms with Crippen molar-refractivity contribution in [2.24, 2.45) is 0 Å². The third-order valence-corrected chi connectivity index (χ3v) is 7.10. The van der Waals surface area contributed by atoms with Crippen LogP contribution in [0.4, 0.5) is 14.5 Å². The molecule has 0 atom stereocenters. The Morgan fingerprint density at radius 3 is 2.31 bits per heavy atom. The predicted octanol–water partition coefficient (Wildman–Crippen LogP) is 2.75. The minimum Gasteiger partial charge on any atom is -0.478 e. The zero-order valence-corrected chi connectivity index (χ0v) is 19.1. The van der Waals surface area contributed by atoms with E-state index in [0.717, 1.165) is 40.3 Å². The number of nitro benzene ring substituents is 1. The Bertz CT molecular complexity index is 1090. The van der Waals surface area contributed by atoms with Gasteiger partial charge in [-0.15, -0.1) is 11.8 Å². The van der Waals surface area contributed by atoms with E-state index in [1.165, 1.54) is 38.2 Å². The molecule has 0 unspecified atom stereocenters. The van der Waals surface area contributed by atoms with Gasteiger partial charge in [-0.2, -0.15) is 4.31 Å². The summed E-state index contributed by atoms with van der Waals surface area (Å²) in [5, 5.41) is 11.1. The largest absolute Gasteiger partial charge is 0.478 e. The van der Waals surface area contributed by atoms with E-state index in [1.54, 1.807) is 0 Å². The lowest BCUT2D eigenvalue weighted by Crippen LogP contribution is -2.29. The molecule has 0 aliphatic rings. The summed E-state index contributed by atoms with van der Waals surface area (Å²) in [6.07, 6.45) is 0. The number of para-hydroxylation sites is 1. The van der Waals surface area contributed by atoms with Crippen LogP contribution in [0.3, 0.4) is 0 Å². The van der Waals surface area contributed by atoms with Crippen LogP contribution in [-0.4, -0.2) is 68.5 Å². The lowest BCUT2D eigenvalue weighted by Gasteiger charge is -2.17. The number of thioether (sulfide) groups is 1. The summed E-state index contributed by atoms with van der Waals surface area (Å²) in [5.41, 5.74) is -0.542. The monoisotopic (exact) mass is 489 g/mol. The normalized spacial score (nSPS) is 11.4. The first-order valence-corrected chi connectivity index (χ1v) is 11.5. The second kappa shape index (κ2) is 10.7. The van der Waals surface area contributed by atoms with Crippen molar-refractivity contribution in [1.82, 2.24) is 9.21 Å². The average molecular weight is 490 g/mol. The summed E-state index contributed by atoms with van der Waals surface area (Å²) in [7, 11) is 0.0711. The number of nitrogens with zero attached hydrogens (tertiary/aromatic N) is 3. The number of ether oxygens (including phenoxy) is 1. The minimum atomic E-state index is -4.14. The van der Waals surface area contributed by atoms with Crippen molar-refractivity contribution < 1.29 is 31.7 Å². The van der Waals surface area contributed by atoms with E-state index in [4.69, 9.17) is 4.74 Å². The predicted molar refractivity (Wildman–Crippen MR) is 114 cm³/mol. The Morgan fingerprint density at radius 1 is 1.16 bits per heavy atom. The van der Waals surface area contributed by atoms with Crippen LogP contribution in [0.1, 0.15) is 0 Å². The van der Waals surface area contributed by atoms with Gasteiger partial charge in [-0.25, -0.2) is 17.2 Å². The first-order chi connectivity index (χ1) is 14.9. The quantitative estimate of drug-likeness (QED) is 0.287. The van der Waals surface area contributed by atoms with E-state index in [1.807, 2.05) is 0 Å². The van der Waals surface area contributed by atoms with Crippen LogP contribution in [0.5, 0.6) is 5.75 Å². The van der Waals surface area contributed by atoms with Gasteiger partial charge in [0.15, 0.2) is 28.9 Å². The maximum atomic E-state index is 14.2. The fraction of sp³-hybridized carbons (Fsp3) is 0.316. The number of sulfonamides is 1. The molecule has 2 aromatic rings. The molecular weight excluding hydrogens is 468 g/mol. The topological polar surface area (TPSA) is 110 Å². The number of rotatable bonds is 10. The summed E-state index contributed by atoms with van der Waals surface area (Å²) in [4.78, 5) is 22.8. The molecule has 0 saturated carbocycles. The molecule has 1 amide bonds. The van der Waals surface area contributed by atoms with Gasteiger partial charge in [0.25, 0.3) is 11.6 Å². The molecule has 0 fully saturated rings. The van der Waals surface area contributed by atoms with Gasteiger partial charge < -0.3 is 9.64 Å². The van der Waals surface area contributed by atoms with E-state index in [-0.39, 0.29) is 17.2 Å². The molecule has 32 heavy (non-hydrogen) atoms. The van der Waals surface area contributed by atoms with Gasteiger partial charge >= 0.3 is 0 Å². The van der Waals surface area contributed by atoms with Gasteiger partial charge in [0.05, 0.1) is 4.92 Å². The maximum absolute atomic E-state index is 14.2.